The Kier molecular flexibility index (Phi) is 11.0. The molecular weight excluding hydrogens is 416 g/mol. The number of nitrogens with one attached hydrogen (secondary N) is 1. The fourth-order valence-corrected chi connectivity index (χ4v) is 3.40. The van der Waals surface area contributed by atoms with Crippen molar-refractivity contribution < 1.29 is 19.0 Å². The van der Waals surface area contributed by atoms with Crippen LogP contribution in [-0.2, 0) is 17.8 Å². The third-order valence-electron chi connectivity index (χ3n) is 5.20. The van der Waals surface area contributed by atoms with Crippen molar-refractivity contribution >= 4 is 6.09 Å². The maximum absolute atomic E-state index is 12.7. The zero-order valence-corrected chi connectivity index (χ0v) is 20.9. The van der Waals surface area contributed by atoms with Crippen molar-refractivity contribution in [1.29, 1.82) is 0 Å². The SMILES string of the molecule is COc1ccc(CNCCCCCCN(Cc2ccc(OC)cc2)C(=O)OC(C)(C)C)cc1. The van der Waals surface area contributed by atoms with Gasteiger partial charge in [0.15, 0.2) is 0 Å². The quantitative estimate of drug-likeness (QED) is 0.387. The van der Waals surface area contributed by atoms with Crippen molar-refractivity contribution in [3.05, 3.63) is 59.7 Å². The number of hydrogen-bond acceptors (Lipinski definition) is 5. The number of carbonyl (C=O) groups is 1. The second-order valence-corrected chi connectivity index (χ2v) is 9.19. The molecule has 6 heteroatoms. The van der Waals surface area contributed by atoms with Crippen LogP contribution in [0.25, 0.3) is 0 Å². The van der Waals surface area contributed by atoms with E-state index in [4.69, 9.17) is 14.2 Å². The Morgan fingerprint density at radius 3 is 1.91 bits per heavy atom. The number of hydrogen-bond donors (Lipinski definition) is 1. The number of ether oxygens (including phenoxy) is 3. The van der Waals surface area contributed by atoms with E-state index in [-0.39, 0.29) is 6.09 Å². The average Bonchev–Trinajstić information content (AvgIpc) is 2.79. The molecular formula is C27H40N2O4. The highest BCUT2D eigenvalue weighted by Gasteiger charge is 2.22. The van der Waals surface area contributed by atoms with Crippen LogP contribution in [0.5, 0.6) is 11.5 Å². The van der Waals surface area contributed by atoms with Gasteiger partial charge in [0, 0.05) is 19.6 Å². The molecule has 0 saturated carbocycles. The molecule has 6 nitrogen and oxygen atoms in total. The van der Waals surface area contributed by atoms with Gasteiger partial charge >= 0.3 is 6.09 Å². The number of amides is 1. The number of methoxy groups -OCH3 is 2. The summed E-state index contributed by atoms with van der Waals surface area (Å²) in [6.45, 7) is 8.74. The van der Waals surface area contributed by atoms with Crippen molar-refractivity contribution in [2.24, 2.45) is 0 Å². The summed E-state index contributed by atoms with van der Waals surface area (Å²) in [5.74, 6) is 1.69. The summed E-state index contributed by atoms with van der Waals surface area (Å²) in [4.78, 5) is 14.5. The molecule has 0 fully saturated rings. The number of benzene rings is 2. The van der Waals surface area contributed by atoms with Gasteiger partial charge < -0.3 is 24.4 Å². The maximum Gasteiger partial charge on any atom is 0.410 e. The Bertz CT molecular complexity index is 814. The maximum atomic E-state index is 12.7. The zero-order chi connectivity index (χ0) is 24.1. The first-order chi connectivity index (χ1) is 15.8. The third kappa shape index (κ3) is 10.6. The van der Waals surface area contributed by atoms with E-state index < -0.39 is 5.60 Å². The van der Waals surface area contributed by atoms with Crippen LogP contribution in [0.4, 0.5) is 4.79 Å². The number of unbranched alkanes of at least 4 members (excludes halogenated alkanes) is 3. The van der Waals surface area contributed by atoms with Crippen LogP contribution < -0.4 is 14.8 Å². The molecule has 2 rings (SSSR count). The highest BCUT2D eigenvalue weighted by molar-refractivity contribution is 5.68. The second-order valence-electron chi connectivity index (χ2n) is 9.19. The molecule has 0 heterocycles. The summed E-state index contributed by atoms with van der Waals surface area (Å²) in [5.41, 5.74) is 1.80. The first-order valence-corrected chi connectivity index (χ1v) is 11.8. The minimum Gasteiger partial charge on any atom is -0.497 e. The molecule has 0 bridgehead atoms. The van der Waals surface area contributed by atoms with E-state index in [0.717, 1.165) is 55.8 Å². The summed E-state index contributed by atoms with van der Waals surface area (Å²) >= 11 is 0. The van der Waals surface area contributed by atoms with Crippen LogP contribution in [0.3, 0.4) is 0 Å². The number of nitrogens with zero attached hydrogens (tertiary/aromatic N) is 1. The highest BCUT2D eigenvalue weighted by atomic mass is 16.6. The van der Waals surface area contributed by atoms with Crippen LogP contribution in [0, 0.1) is 0 Å². The lowest BCUT2D eigenvalue weighted by Crippen LogP contribution is -2.37. The molecule has 0 saturated heterocycles. The van der Waals surface area contributed by atoms with Gasteiger partial charge in [0.2, 0.25) is 0 Å². The summed E-state index contributed by atoms with van der Waals surface area (Å²) in [7, 11) is 3.33. The molecule has 0 aliphatic carbocycles. The summed E-state index contributed by atoms with van der Waals surface area (Å²) in [6, 6.07) is 16.0. The molecule has 2 aromatic rings. The molecule has 1 N–H and O–H groups in total. The van der Waals surface area contributed by atoms with Crippen LogP contribution in [0.15, 0.2) is 48.5 Å². The molecule has 0 unspecified atom stereocenters. The van der Waals surface area contributed by atoms with Gasteiger partial charge in [-0.1, -0.05) is 37.1 Å². The largest absolute Gasteiger partial charge is 0.497 e. The molecule has 2 aromatic carbocycles. The lowest BCUT2D eigenvalue weighted by atomic mass is 10.1. The van der Waals surface area contributed by atoms with Gasteiger partial charge in [-0.2, -0.15) is 0 Å². The van der Waals surface area contributed by atoms with Gasteiger partial charge in [-0.05, 0) is 75.5 Å². The zero-order valence-electron chi connectivity index (χ0n) is 20.9. The van der Waals surface area contributed by atoms with Gasteiger partial charge in [-0.15, -0.1) is 0 Å². The predicted octanol–water partition coefficient (Wildman–Crippen LogP) is 5.79. The van der Waals surface area contributed by atoms with Crippen molar-refractivity contribution in [1.82, 2.24) is 10.2 Å². The summed E-state index contributed by atoms with van der Waals surface area (Å²) < 4.78 is 16.0. The fourth-order valence-electron chi connectivity index (χ4n) is 3.40. The summed E-state index contributed by atoms with van der Waals surface area (Å²) in [5, 5.41) is 3.49. The first kappa shape index (κ1) is 26.5. The van der Waals surface area contributed by atoms with E-state index >= 15 is 0 Å². The van der Waals surface area contributed by atoms with Crippen molar-refractivity contribution in [2.75, 3.05) is 27.3 Å². The molecule has 0 spiro atoms. The molecule has 0 atom stereocenters. The fraction of sp³-hybridized carbons (Fsp3) is 0.519. The average molecular weight is 457 g/mol. The van der Waals surface area contributed by atoms with E-state index in [1.807, 2.05) is 57.2 Å². The van der Waals surface area contributed by atoms with E-state index in [9.17, 15) is 4.79 Å². The van der Waals surface area contributed by atoms with Gasteiger partial charge in [-0.25, -0.2) is 4.79 Å². The van der Waals surface area contributed by atoms with E-state index in [1.54, 1.807) is 19.1 Å². The number of carbonyl (C=O) groups excluding carboxylic acids is 1. The standard InChI is InChI=1S/C27H40N2O4/c1-27(2,3)33-26(30)29(21-23-12-16-25(32-5)17-13-23)19-9-7-6-8-18-28-20-22-10-14-24(31-4)15-11-22/h10-17,28H,6-9,18-21H2,1-5H3. The minimum absolute atomic E-state index is 0.264. The van der Waals surface area contributed by atoms with Gasteiger partial charge in [0.25, 0.3) is 0 Å². The Balaban J connectivity index is 1.71. The Labute approximate surface area is 199 Å². The number of rotatable bonds is 13. The predicted molar refractivity (Wildman–Crippen MR) is 133 cm³/mol. The minimum atomic E-state index is -0.509. The van der Waals surface area contributed by atoms with Crippen LogP contribution in [0.1, 0.15) is 57.6 Å². The van der Waals surface area contributed by atoms with E-state index in [2.05, 4.69) is 17.4 Å². The monoisotopic (exact) mass is 456 g/mol. The summed E-state index contributed by atoms with van der Waals surface area (Å²) in [6.07, 6.45) is 4.00. The first-order valence-electron chi connectivity index (χ1n) is 11.8. The van der Waals surface area contributed by atoms with Crippen molar-refractivity contribution in [3.8, 4) is 11.5 Å². The Morgan fingerprint density at radius 1 is 0.818 bits per heavy atom. The lowest BCUT2D eigenvalue weighted by molar-refractivity contribution is 0.0230. The molecule has 0 aliphatic heterocycles. The topological polar surface area (TPSA) is 60.0 Å². The van der Waals surface area contributed by atoms with Crippen molar-refractivity contribution in [2.45, 2.75) is 65.1 Å². The van der Waals surface area contributed by atoms with Crippen molar-refractivity contribution in [3.63, 3.8) is 0 Å². The molecule has 0 aliphatic rings. The molecule has 33 heavy (non-hydrogen) atoms. The highest BCUT2D eigenvalue weighted by Crippen LogP contribution is 2.17. The van der Waals surface area contributed by atoms with Crippen LogP contribution in [-0.4, -0.2) is 43.9 Å². The molecule has 182 valence electrons. The second kappa shape index (κ2) is 13.7. The van der Waals surface area contributed by atoms with Crippen LogP contribution in [0.2, 0.25) is 0 Å². The Hall–Kier alpha value is -2.73. The third-order valence-corrected chi connectivity index (χ3v) is 5.20. The van der Waals surface area contributed by atoms with E-state index in [0.29, 0.717) is 13.1 Å². The lowest BCUT2D eigenvalue weighted by Gasteiger charge is -2.27. The van der Waals surface area contributed by atoms with Gasteiger partial charge in [0.05, 0.1) is 14.2 Å². The molecule has 0 radical (unpaired) electrons. The van der Waals surface area contributed by atoms with Crippen LogP contribution >= 0.6 is 0 Å². The Morgan fingerprint density at radius 2 is 1.36 bits per heavy atom. The van der Waals surface area contributed by atoms with Gasteiger partial charge in [-0.3, -0.25) is 0 Å². The smallest absolute Gasteiger partial charge is 0.410 e. The van der Waals surface area contributed by atoms with E-state index in [1.165, 1.54) is 5.56 Å². The van der Waals surface area contributed by atoms with Gasteiger partial charge in [0.1, 0.15) is 17.1 Å². The molecule has 1 amide bonds. The normalized spacial score (nSPS) is 11.2. The molecule has 0 aromatic heterocycles.